The molecule has 0 aromatic heterocycles. The number of aryl methyl sites for hydroxylation is 1. The van der Waals surface area contributed by atoms with Gasteiger partial charge < -0.3 is 10.2 Å². The molecule has 1 aromatic rings. The van der Waals surface area contributed by atoms with Gasteiger partial charge in [0.2, 0.25) is 5.91 Å². The molecule has 6 heteroatoms. The van der Waals surface area contributed by atoms with Crippen molar-refractivity contribution in [2.45, 2.75) is 25.7 Å². The van der Waals surface area contributed by atoms with E-state index < -0.39 is 0 Å². The minimum absolute atomic E-state index is 0. The molecule has 0 unspecified atom stereocenters. The Morgan fingerprint density at radius 2 is 1.83 bits per heavy atom. The molecular formula is C17H23Cl3N2O. The minimum atomic E-state index is 0. The summed E-state index contributed by atoms with van der Waals surface area (Å²) in [6.45, 7) is 4.03. The molecule has 2 saturated heterocycles. The molecule has 0 aliphatic carbocycles. The van der Waals surface area contributed by atoms with Gasteiger partial charge in [-0.25, -0.2) is 0 Å². The van der Waals surface area contributed by atoms with Crippen LogP contribution in [-0.4, -0.2) is 37.0 Å². The molecular weight excluding hydrogens is 355 g/mol. The zero-order chi connectivity index (χ0) is 15.5. The van der Waals surface area contributed by atoms with Gasteiger partial charge >= 0.3 is 0 Å². The lowest BCUT2D eigenvalue weighted by atomic mass is 9.92. The molecule has 2 aliphatic rings. The average molecular weight is 378 g/mol. The Bertz CT molecular complexity index is 539. The van der Waals surface area contributed by atoms with E-state index in [1.54, 1.807) is 6.07 Å². The third-order valence-electron chi connectivity index (χ3n) is 5.00. The van der Waals surface area contributed by atoms with Crippen LogP contribution < -0.4 is 5.32 Å². The van der Waals surface area contributed by atoms with E-state index in [0.717, 1.165) is 56.4 Å². The van der Waals surface area contributed by atoms with Gasteiger partial charge in [0.15, 0.2) is 0 Å². The fourth-order valence-corrected chi connectivity index (χ4v) is 4.09. The summed E-state index contributed by atoms with van der Waals surface area (Å²) in [7, 11) is 0. The summed E-state index contributed by atoms with van der Waals surface area (Å²) in [5, 5.41) is 4.75. The lowest BCUT2D eigenvalue weighted by molar-refractivity contribution is -0.131. The summed E-state index contributed by atoms with van der Waals surface area (Å²) in [6, 6.07) is 5.48. The van der Waals surface area contributed by atoms with E-state index in [2.05, 4.69) is 5.32 Å². The number of nitrogens with zero attached hydrogens (tertiary/aromatic N) is 1. The van der Waals surface area contributed by atoms with Crippen molar-refractivity contribution in [2.24, 2.45) is 11.8 Å². The third kappa shape index (κ3) is 4.76. The second kappa shape index (κ2) is 8.57. The Morgan fingerprint density at radius 3 is 2.43 bits per heavy atom. The first-order chi connectivity index (χ1) is 10.6. The maximum absolute atomic E-state index is 12.5. The van der Waals surface area contributed by atoms with Crippen LogP contribution >= 0.6 is 35.6 Å². The molecule has 0 bridgehead atoms. The highest BCUT2D eigenvalue weighted by Crippen LogP contribution is 2.28. The van der Waals surface area contributed by atoms with Gasteiger partial charge in [-0.3, -0.25) is 4.79 Å². The summed E-state index contributed by atoms with van der Waals surface area (Å²) >= 11 is 12.1. The van der Waals surface area contributed by atoms with Gasteiger partial charge in [0.25, 0.3) is 0 Å². The molecule has 3 nitrogen and oxygen atoms in total. The summed E-state index contributed by atoms with van der Waals surface area (Å²) < 4.78 is 0. The SMILES string of the molecule is Cl.O=C(CCc1ccc(Cl)cc1Cl)N1CC[C@@H]2CNC[C@@H]2CC1. The van der Waals surface area contributed by atoms with E-state index in [-0.39, 0.29) is 18.3 Å². The second-order valence-electron chi connectivity index (χ2n) is 6.37. The summed E-state index contributed by atoms with van der Waals surface area (Å²) in [5.74, 6) is 1.76. The Balaban J connectivity index is 0.00000192. The van der Waals surface area contributed by atoms with Crippen LogP contribution in [0.25, 0.3) is 0 Å². The fourth-order valence-electron chi connectivity index (χ4n) is 3.59. The largest absolute Gasteiger partial charge is 0.343 e. The summed E-state index contributed by atoms with van der Waals surface area (Å²) in [5.41, 5.74) is 0.996. The molecule has 3 rings (SSSR count). The maximum atomic E-state index is 12.5. The normalized spacial score (nSPS) is 23.8. The monoisotopic (exact) mass is 376 g/mol. The molecule has 0 spiro atoms. The van der Waals surface area contributed by atoms with E-state index in [9.17, 15) is 4.79 Å². The van der Waals surface area contributed by atoms with Gasteiger partial charge in [-0.1, -0.05) is 29.3 Å². The number of fused-ring (bicyclic) bond motifs is 1. The van der Waals surface area contributed by atoms with Gasteiger partial charge in [-0.15, -0.1) is 12.4 Å². The number of carbonyl (C=O) groups excluding carboxylic acids is 1. The van der Waals surface area contributed by atoms with Crippen molar-refractivity contribution in [1.29, 1.82) is 0 Å². The van der Waals surface area contributed by atoms with Crippen LogP contribution in [0.4, 0.5) is 0 Å². The molecule has 0 saturated carbocycles. The number of halogens is 3. The number of nitrogens with one attached hydrogen (secondary N) is 1. The average Bonchev–Trinajstić information content (AvgIpc) is 2.85. The van der Waals surface area contributed by atoms with Crippen molar-refractivity contribution in [1.82, 2.24) is 10.2 Å². The van der Waals surface area contributed by atoms with Crippen LogP contribution in [0.2, 0.25) is 10.0 Å². The molecule has 23 heavy (non-hydrogen) atoms. The van der Waals surface area contributed by atoms with Crippen molar-refractivity contribution in [2.75, 3.05) is 26.2 Å². The first kappa shape index (κ1) is 18.9. The van der Waals surface area contributed by atoms with E-state index in [1.165, 1.54) is 0 Å². The van der Waals surface area contributed by atoms with Gasteiger partial charge in [-0.2, -0.15) is 0 Å². The topological polar surface area (TPSA) is 32.3 Å². The molecule has 2 fully saturated rings. The zero-order valence-corrected chi connectivity index (χ0v) is 15.4. The standard InChI is InChI=1S/C17H22Cl2N2O.ClH/c18-15-3-1-12(16(19)9-15)2-4-17(22)21-7-5-13-10-20-11-14(13)6-8-21;/h1,3,9,13-14,20H,2,4-8,10-11H2;1H/t13-,14+;. The summed E-state index contributed by atoms with van der Waals surface area (Å²) in [4.78, 5) is 14.5. The molecule has 0 radical (unpaired) electrons. The first-order valence-corrected chi connectivity index (χ1v) is 8.81. The highest BCUT2D eigenvalue weighted by atomic mass is 35.5. The Morgan fingerprint density at radius 1 is 1.17 bits per heavy atom. The molecule has 128 valence electrons. The molecule has 2 aliphatic heterocycles. The van der Waals surface area contributed by atoms with Crippen LogP contribution in [0.5, 0.6) is 0 Å². The number of likely N-dealkylation sites (tertiary alicyclic amines) is 1. The lowest BCUT2D eigenvalue weighted by Crippen LogP contribution is -2.32. The quantitative estimate of drug-likeness (QED) is 0.869. The van der Waals surface area contributed by atoms with Crippen molar-refractivity contribution in [3.8, 4) is 0 Å². The maximum Gasteiger partial charge on any atom is 0.222 e. The Hall–Kier alpha value is -0.480. The lowest BCUT2D eigenvalue weighted by Gasteiger charge is -2.21. The molecule has 1 N–H and O–H groups in total. The fraction of sp³-hybridized carbons (Fsp3) is 0.588. The van der Waals surface area contributed by atoms with Crippen molar-refractivity contribution in [3.05, 3.63) is 33.8 Å². The molecule has 1 aromatic carbocycles. The van der Waals surface area contributed by atoms with Crippen LogP contribution in [0.15, 0.2) is 18.2 Å². The number of rotatable bonds is 3. The third-order valence-corrected chi connectivity index (χ3v) is 5.58. The van der Waals surface area contributed by atoms with E-state index in [4.69, 9.17) is 23.2 Å². The predicted octanol–water partition coefficient (Wildman–Crippen LogP) is 3.81. The van der Waals surface area contributed by atoms with Crippen molar-refractivity contribution in [3.63, 3.8) is 0 Å². The van der Waals surface area contributed by atoms with Gasteiger partial charge in [0.1, 0.15) is 0 Å². The highest BCUT2D eigenvalue weighted by molar-refractivity contribution is 6.35. The highest BCUT2D eigenvalue weighted by Gasteiger charge is 2.31. The second-order valence-corrected chi connectivity index (χ2v) is 7.22. The van der Waals surface area contributed by atoms with Gasteiger partial charge in [0, 0.05) is 29.6 Å². The van der Waals surface area contributed by atoms with E-state index in [1.807, 2.05) is 17.0 Å². The zero-order valence-electron chi connectivity index (χ0n) is 13.1. The molecule has 2 atom stereocenters. The Kier molecular flexibility index (Phi) is 7.02. The van der Waals surface area contributed by atoms with Crippen LogP contribution in [0.1, 0.15) is 24.8 Å². The predicted molar refractivity (Wildman–Crippen MR) is 97.7 cm³/mol. The van der Waals surface area contributed by atoms with Crippen molar-refractivity contribution < 1.29 is 4.79 Å². The van der Waals surface area contributed by atoms with E-state index in [0.29, 0.717) is 22.9 Å². The van der Waals surface area contributed by atoms with Gasteiger partial charge in [0.05, 0.1) is 0 Å². The number of carbonyl (C=O) groups is 1. The minimum Gasteiger partial charge on any atom is -0.343 e. The number of hydrogen-bond acceptors (Lipinski definition) is 2. The van der Waals surface area contributed by atoms with Gasteiger partial charge in [-0.05, 0) is 61.9 Å². The number of hydrogen-bond donors (Lipinski definition) is 1. The van der Waals surface area contributed by atoms with Crippen LogP contribution in [0, 0.1) is 11.8 Å². The molecule has 2 heterocycles. The van der Waals surface area contributed by atoms with Crippen molar-refractivity contribution >= 4 is 41.5 Å². The van der Waals surface area contributed by atoms with Crippen LogP contribution in [-0.2, 0) is 11.2 Å². The molecule has 1 amide bonds. The smallest absolute Gasteiger partial charge is 0.222 e. The Labute approximate surface area is 154 Å². The number of amides is 1. The van der Waals surface area contributed by atoms with E-state index >= 15 is 0 Å². The van der Waals surface area contributed by atoms with Crippen LogP contribution in [0.3, 0.4) is 0 Å². The summed E-state index contributed by atoms with van der Waals surface area (Å²) in [6.07, 6.45) is 3.46. The number of benzene rings is 1. The first-order valence-electron chi connectivity index (χ1n) is 8.06.